The molecule has 1 fully saturated rings. The van der Waals surface area contributed by atoms with E-state index in [4.69, 9.17) is 9.15 Å². The molecule has 0 radical (unpaired) electrons. The third-order valence-corrected chi connectivity index (χ3v) is 5.47. The lowest BCUT2D eigenvalue weighted by Gasteiger charge is -2.26. The van der Waals surface area contributed by atoms with Gasteiger partial charge in [0.05, 0.1) is 13.2 Å². The Labute approximate surface area is 175 Å². The van der Waals surface area contributed by atoms with Gasteiger partial charge < -0.3 is 19.4 Å². The van der Waals surface area contributed by atoms with E-state index in [0.29, 0.717) is 50.4 Å². The molecule has 2 heterocycles. The van der Waals surface area contributed by atoms with Crippen molar-refractivity contribution in [1.82, 2.24) is 4.90 Å². The highest BCUT2D eigenvalue weighted by molar-refractivity contribution is 6.10. The summed E-state index contributed by atoms with van der Waals surface area (Å²) in [5.41, 5.74) is 4.57. The van der Waals surface area contributed by atoms with E-state index in [1.54, 1.807) is 11.0 Å². The number of para-hydroxylation sites is 1. The molecule has 1 aliphatic rings. The minimum Gasteiger partial charge on any atom is -0.449 e. The van der Waals surface area contributed by atoms with Gasteiger partial charge in [0.25, 0.3) is 5.91 Å². The van der Waals surface area contributed by atoms with Gasteiger partial charge in [0.15, 0.2) is 0 Å². The zero-order valence-electron chi connectivity index (χ0n) is 17.4. The Morgan fingerprint density at radius 2 is 1.83 bits per heavy atom. The van der Waals surface area contributed by atoms with E-state index in [1.165, 1.54) is 11.1 Å². The third-order valence-electron chi connectivity index (χ3n) is 5.47. The van der Waals surface area contributed by atoms with Gasteiger partial charge in [-0.15, -0.1) is 0 Å². The first-order valence-electron chi connectivity index (χ1n) is 10.3. The summed E-state index contributed by atoms with van der Waals surface area (Å²) in [4.78, 5) is 27.5. The molecule has 156 valence electrons. The average molecular weight is 406 g/mol. The Morgan fingerprint density at radius 1 is 1.07 bits per heavy atom. The van der Waals surface area contributed by atoms with Crippen LogP contribution in [0.5, 0.6) is 0 Å². The van der Waals surface area contributed by atoms with Gasteiger partial charge in [0.2, 0.25) is 11.7 Å². The van der Waals surface area contributed by atoms with Crippen molar-refractivity contribution < 1.29 is 18.7 Å². The highest BCUT2D eigenvalue weighted by atomic mass is 16.5. The van der Waals surface area contributed by atoms with E-state index in [0.717, 1.165) is 10.9 Å². The highest BCUT2D eigenvalue weighted by Gasteiger charge is 2.27. The summed E-state index contributed by atoms with van der Waals surface area (Å²) in [6.07, 6.45) is 0.967. The molecule has 3 aromatic rings. The molecule has 2 amide bonds. The number of nitrogens with zero attached hydrogens (tertiary/aromatic N) is 1. The minimum atomic E-state index is -0.223. The zero-order chi connectivity index (χ0) is 21.1. The first-order chi connectivity index (χ1) is 14.5. The first kappa shape index (κ1) is 20.2. The van der Waals surface area contributed by atoms with Crippen molar-refractivity contribution in [1.29, 1.82) is 0 Å². The van der Waals surface area contributed by atoms with Crippen LogP contribution in [0.25, 0.3) is 11.0 Å². The number of carbonyl (C=O) groups excluding carboxylic acids is 2. The van der Waals surface area contributed by atoms with Crippen molar-refractivity contribution in [3.05, 3.63) is 64.9 Å². The van der Waals surface area contributed by atoms with Crippen molar-refractivity contribution in [2.24, 2.45) is 0 Å². The Morgan fingerprint density at radius 3 is 2.60 bits per heavy atom. The molecular formula is C24H26N2O4. The van der Waals surface area contributed by atoms with Crippen LogP contribution in [0.15, 0.2) is 46.9 Å². The summed E-state index contributed by atoms with van der Waals surface area (Å²) in [5.74, 6) is -0.185. The van der Waals surface area contributed by atoms with Crippen LogP contribution in [-0.2, 0) is 16.0 Å². The number of rotatable bonds is 5. The number of furan rings is 1. The first-order valence-corrected chi connectivity index (χ1v) is 10.3. The monoisotopic (exact) mass is 406 g/mol. The van der Waals surface area contributed by atoms with Crippen molar-refractivity contribution in [3.8, 4) is 0 Å². The molecule has 30 heavy (non-hydrogen) atoms. The van der Waals surface area contributed by atoms with E-state index in [1.807, 2.05) is 18.2 Å². The van der Waals surface area contributed by atoms with E-state index in [2.05, 4.69) is 37.4 Å². The number of fused-ring (bicyclic) bond motifs is 1. The Balaban J connectivity index is 1.54. The molecule has 0 aliphatic carbocycles. The lowest BCUT2D eigenvalue weighted by atomic mass is 10.0. The highest BCUT2D eigenvalue weighted by Crippen LogP contribution is 2.32. The van der Waals surface area contributed by atoms with E-state index >= 15 is 0 Å². The molecule has 2 aromatic carbocycles. The van der Waals surface area contributed by atoms with Gasteiger partial charge in [-0.05, 0) is 43.5 Å². The number of nitrogens with one attached hydrogen (secondary N) is 1. The smallest absolute Gasteiger partial charge is 0.291 e. The number of anilines is 1. The Bertz CT molecular complexity index is 1080. The van der Waals surface area contributed by atoms with Crippen LogP contribution in [0, 0.1) is 13.8 Å². The van der Waals surface area contributed by atoms with E-state index in [-0.39, 0.29) is 17.6 Å². The molecule has 1 N–H and O–H groups in total. The van der Waals surface area contributed by atoms with Gasteiger partial charge >= 0.3 is 0 Å². The van der Waals surface area contributed by atoms with Gasteiger partial charge in [-0.3, -0.25) is 9.59 Å². The molecule has 0 unspecified atom stereocenters. The van der Waals surface area contributed by atoms with Crippen LogP contribution in [0.2, 0.25) is 0 Å². The number of hydrogen-bond acceptors (Lipinski definition) is 4. The fourth-order valence-electron chi connectivity index (χ4n) is 3.81. The molecule has 6 nitrogen and oxygen atoms in total. The number of morpholine rings is 1. The number of hydrogen-bond donors (Lipinski definition) is 1. The van der Waals surface area contributed by atoms with Crippen LogP contribution in [0.4, 0.5) is 5.69 Å². The summed E-state index contributed by atoms with van der Waals surface area (Å²) >= 11 is 0. The molecule has 0 bridgehead atoms. The largest absolute Gasteiger partial charge is 0.449 e. The van der Waals surface area contributed by atoms with Crippen molar-refractivity contribution in [2.45, 2.75) is 26.7 Å². The van der Waals surface area contributed by atoms with Crippen molar-refractivity contribution in [2.75, 3.05) is 31.6 Å². The second-order valence-electron chi connectivity index (χ2n) is 7.69. The topological polar surface area (TPSA) is 71.8 Å². The molecule has 6 heteroatoms. The summed E-state index contributed by atoms with van der Waals surface area (Å²) in [6, 6.07) is 13.6. The molecule has 1 aliphatic heterocycles. The van der Waals surface area contributed by atoms with Gasteiger partial charge in [-0.25, -0.2) is 0 Å². The van der Waals surface area contributed by atoms with Gasteiger partial charge in [-0.1, -0.05) is 35.9 Å². The summed E-state index contributed by atoms with van der Waals surface area (Å²) < 4.78 is 11.2. The Hall–Kier alpha value is -3.12. The predicted octanol–water partition coefficient (Wildman–Crippen LogP) is 4.09. The maximum Gasteiger partial charge on any atom is 0.291 e. The minimum absolute atomic E-state index is 0.141. The summed E-state index contributed by atoms with van der Waals surface area (Å²) in [5, 5.41) is 3.67. The maximum absolute atomic E-state index is 13.1. The number of benzene rings is 2. The molecule has 0 spiro atoms. The lowest BCUT2D eigenvalue weighted by Crippen LogP contribution is -2.40. The fraction of sp³-hybridized carbons (Fsp3) is 0.333. The molecular weight excluding hydrogens is 380 g/mol. The lowest BCUT2D eigenvalue weighted by molar-refractivity contribution is -0.116. The number of carbonyl (C=O) groups is 2. The van der Waals surface area contributed by atoms with Crippen LogP contribution in [-0.4, -0.2) is 43.0 Å². The summed E-state index contributed by atoms with van der Waals surface area (Å²) in [6.45, 7) is 6.14. The van der Waals surface area contributed by atoms with Crippen molar-refractivity contribution >= 4 is 28.5 Å². The molecule has 0 saturated carbocycles. The standard InChI is InChI=1S/C24H26N2O4/c1-16-7-8-18(17(2)15-16)9-10-21(27)25-22-19-5-3-4-6-20(19)30-23(22)24(28)26-11-13-29-14-12-26/h3-8,15H,9-14H2,1-2H3,(H,25,27). The van der Waals surface area contributed by atoms with Crippen molar-refractivity contribution in [3.63, 3.8) is 0 Å². The molecule has 1 saturated heterocycles. The number of amides is 2. The SMILES string of the molecule is Cc1ccc(CCC(=O)Nc2c(C(=O)N3CCOCC3)oc3ccccc23)c(C)c1. The zero-order valence-corrected chi connectivity index (χ0v) is 17.4. The molecule has 4 rings (SSSR count). The predicted molar refractivity (Wildman–Crippen MR) is 116 cm³/mol. The summed E-state index contributed by atoms with van der Waals surface area (Å²) in [7, 11) is 0. The van der Waals surface area contributed by atoms with Gasteiger partial charge in [-0.2, -0.15) is 0 Å². The third kappa shape index (κ3) is 4.24. The van der Waals surface area contributed by atoms with E-state index < -0.39 is 0 Å². The second kappa shape index (κ2) is 8.71. The Kier molecular flexibility index (Phi) is 5.86. The number of aryl methyl sites for hydroxylation is 3. The molecule has 1 aromatic heterocycles. The van der Waals surface area contributed by atoms with Crippen LogP contribution in [0.3, 0.4) is 0 Å². The fourth-order valence-corrected chi connectivity index (χ4v) is 3.81. The number of ether oxygens (including phenoxy) is 1. The van der Waals surface area contributed by atoms with Gasteiger partial charge in [0.1, 0.15) is 11.3 Å². The van der Waals surface area contributed by atoms with Crippen LogP contribution >= 0.6 is 0 Å². The quantitative estimate of drug-likeness (QED) is 0.693. The van der Waals surface area contributed by atoms with Crippen LogP contribution in [0.1, 0.15) is 33.7 Å². The normalized spacial score (nSPS) is 14.1. The average Bonchev–Trinajstić information content (AvgIpc) is 3.11. The van der Waals surface area contributed by atoms with Gasteiger partial charge in [0, 0.05) is 24.9 Å². The molecule has 0 atom stereocenters. The van der Waals surface area contributed by atoms with E-state index in [9.17, 15) is 9.59 Å². The maximum atomic E-state index is 13.1. The second-order valence-corrected chi connectivity index (χ2v) is 7.69. The van der Waals surface area contributed by atoms with Crippen LogP contribution < -0.4 is 5.32 Å².